The van der Waals surface area contributed by atoms with Gasteiger partial charge in [-0.15, -0.1) is 0 Å². The Balaban J connectivity index is 0.00000180. The molecule has 0 atom stereocenters. The van der Waals surface area contributed by atoms with Gasteiger partial charge in [0.25, 0.3) is 0 Å². The SMILES string of the molecule is O=S(=O)([O-])NC1CCN(Cc2ccccc2)CC1.[Na+]. The Bertz CT molecular complexity index is 473. The molecule has 1 aromatic carbocycles. The summed E-state index contributed by atoms with van der Waals surface area (Å²) in [7, 11) is -4.32. The molecule has 0 aliphatic carbocycles. The molecule has 0 bridgehead atoms. The van der Waals surface area contributed by atoms with Crippen molar-refractivity contribution in [2.24, 2.45) is 0 Å². The van der Waals surface area contributed by atoms with Gasteiger partial charge in [-0.05, 0) is 18.4 Å². The van der Waals surface area contributed by atoms with E-state index in [0.717, 1.165) is 19.6 Å². The second-order valence-electron chi connectivity index (χ2n) is 4.61. The number of hydrogen-bond acceptors (Lipinski definition) is 4. The van der Waals surface area contributed by atoms with Gasteiger partial charge in [-0.25, -0.2) is 13.1 Å². The van der Waals surface area contributed by atoms with Crippen molar-refractivity contribution < 1.29 is 42.5 Å². The minimum atomic E-state index is -4.32. The summed E-state index contributed by atoms with van der Waals surface area (Å²) >= 11 is 0. The number of rotatable bonds is 4. The van der Waals surface area contributed by atoms with E-state index in [1.54, 1.807) is 0 Å². The Kier molecular flexibility index (Phi) is 6.96. The summed E-state index contributed by atoms with van der Waals surface area (Å²) in [5.74, 6) is 0. The van der Waals surface area contributed by atoms with Crippen LogP contribution in [0.1, 0.15) is 18.4 Å². The number of benzene rings is 1. The number of hydrogen-bond donors (Lipinski definition) is 1. The maximum atomic E-state index is 10.6. The molecule has 1 saturated heterocycles. The molecule has 0 aromatic heterocycles. The standard InChI is InChI=1S/C12H18N2O3S.Na/c15-18(16,17)13-12-6-8-14(9-7-12)10-11-4-2-1-3-5-11;/h1-5,12-13H,6-10H2,(H,15,16,17);/q;+1/p-1. The van der Waals surface area contributed by atoms with Crippen molar-refractivity contribution in [1.82, 2.24) is 9.62 Å². The van der Waals surface area contributed by atoms with Crippen LogP contribution in [0.15, 0.2) is 30.3 Å². The first-order valence-electron chi connectivity index (χ1n) is 6.02. The van der Waals surface area contributed by atoms with Gasteiger partial charge in [-0.2, -0.15) is 0 Å². The Morgan fingerprint density at radius 1 is 1.21 bits per heavy atom. The third-order valence-electron chi connectivity index (χ3n) is 3.15. The fourth-order valence-electron chi connectivity index (χ4n) is 2.25. The van der Waals surface area contributed by atoms with Gasteiger partial charge in [-0.3, -0.25) is 4.90 Å². The number of nitrogens with zero attached hydrogens (tertiary/aromatic N) is 1. The van der Waals surface area contributed by atoms with Crippen molar-refractivity contribution in [1.29, 1.82) is 0 Å². The van der Waals surface area contributed by atoms with Crippen molar-refractivity contribution in [2.75, 3.05) is 13.1 Å². The summed E-state index contributed by atoms with van der Waals surface area (Å²) in [4.78, 5) is 2.27. The summed E-state index contributed by atoms with van der Waals surface area (Å²) in [6, 6.07) is 9.94. The van der Waals surface area contributed by atoms with Gasteiger partial charge in [0.1, 0.15) is 0 Å². The Morgan fingerprint density at radius 2 is 1.79 bits per heavy atom. The van der Waals surface area contributed by atoms with Crippen LogP contribution in [0.3, 0.4) is 0 Å². The molecule has 2 rings (SSSR count). The zero-order valence-corrected chi connectivity index (χ0v) is 13.9. The molecule has 0 saturated carbocycles. The maximum Gasteiger partial charge on any atom is 1.00 e. The van der Waals surface area contributed by atoms with E-state index in [0.29, 0.717) is 12.8 Å². The van der Waals surface area contributed by atoms with E-state index >= 15 is 0 Å². The van der Waals surface area contributed by atoms with Gasteiger partial charge < -0.3 is 4.55 Å². The number of likely N-dealkylation sites (tertiary alicyclic amines) is 1. The van der Waals surface area contributed by atoms with Crippen LogP contribution in [0, 0.1) is 0 Å². The molecule has 100 valence electrons. The molecular formula is C12H17N2NaO3S. The summed E-state index contributed by atoms with van der Waals surface area (Å²) in [6.45, 7) is 2.49. The molecule has 0 amide bonds. The van der Waals surface area contributed by atoms with E-state index in [1.165, 1.54) is 5.56 Å². The van der Waals surface area contributed by atoms with Crippen LogP contribution >= 0.6 is 0 Å². The molecule has 1 aromatic rings. The number of piperidine rings is 1. The van der Waals surface area contributed by atoms with E-state index in [1.807, 2.05) is 18.2 Å². The van der Waals surface area contributed by atoms with Crippen LogP contribution in [-0.4, -0.2) is 37.0 Å². The monoisotopic (exact) mass is 292 g/mol. The van der Waals surface area contributed by atoms with Crippen LogP contribution in [0.4, 0.5) is 0 Å². The zero-order chi connectivity index (χ0) is 13.0. The average Bonchev–Trinajstić information content (AvgIpc) is 2.31. The summed E-state index contributed by atoms with van der Waals surface area (Å²) in [5, 5.41) is 0. The third-order valence-corrected chi connectivity index (χ3v) is 3.77. The predicted molar refractivity (Wildman–Crippen MR) is 67.6 cm³/mol. The molecule has 1 N–H and O–H groups in total. The molecule has 0 unspecified atom stereocenters. The summed E-state index contributed by atoms with van der Waals surface area (Å²) < 4.78 is 33.9. The van der Waals surface area contributed by atoms with Crippen molar-refractivity contribution in [3.63, 3.8) is 0 Å². The van der Waals surface area contributed by atoms with Crippen LogP contribution in [0.25, 0.3) is 0 Å². The second-order valence-corrected chi connectivity index (χ2v) is 5.75. The first-order chi connectivity index (χ1) is 8.53. The minimum absolute atomic E-state index is 0. The molecule has 0 radical (unpaired) electrons. The molecule has 1 aliphatic heterocycles. The predicted octanol–water partition coefficient (Wildman–Crippen LogP) is -2.30. The van der Waals surface area contributed by atoms with Gasteiger partial charge in [0.15, 0.2) is 10.3 Å². The Hall–Kier alpha value is 0.0500. The van der Waals surface area contributed by atoms with E-state index in [-0.39, 0.29) is 35.6 Å². The smallest absolute Gasteiger partial charge is 0.735 e. The molecule has 1 aliphatic rings. The Morgan fingerprint density at radius 3 is 2.32 bits per heavy atom. The van der Waals surface area contributed by atoms with Crippen molar-refractivity contribution in [3.8, 4) is 0 Å². The molecule has 0 spiro atoms. The van der Waals surface area contributed by atoms with Gasteiger partial charge in [0.2, 0.25) is 0 Å². The van der Waals surface area contributed by atoms with Crippen molar-refractivity contribution in [3.05, 3.63) is 35.9 Å². The largest absolute Gasteiger partial charge is 1.00 e. The van der Waals surface area contributed by atoms with Crippen molar-refractivity contribution >= 4 is 10.3 Å². The quantitative estimate of drug-likeness (QED) is 0.501. The minimum Gasteiger partial charge on any atom is -0.735 e. The van der Waals surface area contributed by atoms with E-state index < -0.39 is 10.3 Å². The topological polar surface area (TPSA) is 72.5 Å². The van der Waals surface area contributed by atoms with Crippen LogP contribution in [0.5, 0.6) is 0 Å². The molecule has 7 heteroatoms. The van der Waals surface area contributed by atoms with Crippen LogP contribution in [0.2, 0.25) is 0 Å². The molecule has 19 heavy (non-hydrogen) atoms. The zero-order valence-electron chi connectivity index (χ0n) is 11.1. The first-order valence-corrected chi connectivity index (χ1v) is 7.43. The second kappa shape index (κ2) is 7.73. The normalized spacial score (nSPS) is 17.9. The van der Waals surface area contributed by atoms with Gasteiger partial charge >= 0.3 is 29.6 Å². The molecule has 5 nitrogen and oxygen atoms in total. The Labute approximate surface area is 136 Å². The fraction of sp³-hybridized carbons (Fsp3) is 0.500. The van der Waals surface area contributed by atoms with E-state index in [2.05, 4.69) is 21.8 Å². The van der Waals surface area contributed by atoms with Gasteiger partial charge in [0.05, 0.1) is 0 Å². The van der Waals surface area contributed by atoms with Crippen LogP contribution < -0.4 is 34.3 Å². The molecule has 1 fully saturated rings. The van der Waals surface area contributed by atoms with Crippen LogP contribution in [-0.2, 0) is 16.8 Å². The van der Waals surface area contributed by atoms with Gasteiger partial charge in [0, 0.05) is 25.7 Å². The maximum absolute atomic E-state index is 10.6. The average molecular weight is 292 g/mol. The third kappa shape index (κ3) is 6.35. The number of nitrogens with one attached hydrogen (secondary N) is 1. The van der Waals surface area contributed by atoms with E-state index in [4.69, 9.17) is 0 Å². The van der Waals surface area contributed by atoms with E-state index in [9.17, 15) is 13.0 Å². The summed E-state index contributed by atoms with van der Waals surface area (Å²) in [6.07, 6.45) is 1.38. The van der Waals surface area contributed by atoms with Crippen molar-refractivity contribution in [2.45, 2.75) is 25.4 Å². The molecule has 1 heterocycles. The summed E-state index contributed by atoms with van der Waals surface area (Å²) in [5.41, 5.74) is 1.25. The fourth-order valence-corrected chi connectivity index (χ4v) is 2.90. The first kappa shape index (κ1) is 17.1. The molecular weight excluding hydrogens is 275 g/mol. The van der Waals surface area contributed by atoms with Gasteiger partial charge in [-0.1, -0.05) is 30.3 Å².